The predicted octanol–water partition coefficient (Wildman–Crippen LogP) is 5.62. The summed E-state index contributed by atoms with van der Waals surface area (Å²) in [6.07, 6.45) is 13.3. The SMILES string of the molecule is CC(C=O)CCCC(C)C1CCC2C3C(O)CC4C[C@H](O)CCC4(C)C3CCC12C. The Morgan fingerprint density at radius 2 is 1.63 bits per heavy atom. The highest BCUT2D eigenvalue weighted by Crippen LogP contribution is 2.68. The molecule has 0 aliphatic heterocycles. The summed E-state index contributed by atoms with van der Waals surface area (Å²) in [6.45, 7) is 9.54. The van der Waals surface area contributed by atoms with Gasteiger partial charge in [-0.2, -0.15) is 0 Å². The molecule has 4 fully saturated rings. The molecule has 0 aromatic heterocycles. The Hall–Kier alpha value is -0.410. The van der Waals surface area contributed by atoms with Crippen LogP contribution in [-0.2, 0) is 4.79 Å². The van der Waals surface area contributed by atoms with E-state index in [1.165, 1.54) is 32.1 Å². The summed E-state index contributed by atoms with van der Waals surface area (Å²) in [4.78, 5) is 10.9. The van der Waals surface area contributed by atoms with Crippen molar-refractivity contribution in [1.82, 2.24) is 0 Å². The molecule has 3 nitrogen and oxygen atoms in total. The van der Waals surface area contributed by atoms with Gasteiger partial charge in [0.25, 0.3) is 0 Å². The highest BCUT2D eigenvalue weighted by Gasteiger charge is 2.62. The van der Waals surface area contributed by atoms with Crippen molar-refractivity contribution >= 4 is 6.29 Å². The minimum absolute atomic E-state index is 0.153. The molecule has 4 saturated carbocycles. The van der Waals surface area contributed by atoms with E-state index in [1.807, 2.05) is 6.92 Å². The van der Waals surface area contributed by atoms with Crippen LogP contribution in [0.5, 0.6) is 0 Å². The van der Waals surface area contributed by atoms with Crippen LogP contribution in [0.4, 0.5) is 0 Å². The summed E-state index contributed by atoms with van der Waals surface area (Å²) in [7, 11) is 0. The predicted molar refractivity (Wildman–Crippen MR) is 121 cm³/mol. The second-order valence-electron chi connectivity index (χ2n) is 12.5. The number of aliphatic hydroxyl groups is 2. The van der Waals surface area contributed by atoms with Crippen molar-refractivity contribution in [1.29, 1.82) is 0 Å². The van der Waals surface area contributed by atoms with Crippen molar-refractivity contribution in [2.24, 2.45) is 52.3 Å². The van der Waals surface area contributed by atoms with E-state index in [0.717, 1.165) is 50.7 Å². The van der Waals surface area contributed by atoms with Crippen molar-refractivity contribution in [2.45, 2.75) is 111 Å². The van der Waals surface area contributed by atoms with Crippen LogP contribution in [0, 0.1) is 52.3 Å². The molecule has 4 rings (SSSR count). The van der Waals surface area contributed by atoms with Crippen molar-refractivity contribution < 1.29 is 15.0 Å². The van der Waals surface area contributed by atoms with E-state index in [2.05, 4.69) is 20.8 Å². The van der Waals surface area contributed by atoms with Gasteiger partial charge in [0, 0.05) is 5.92 Å². The molecule has 0 spiro atoms. The van der Waals surface area contributed by atoms with Crippen LogP contribution in [0.3, 0.4) is 0 Å². The molecule has 30 heavy (non-hydrogen) atoms. The monoisotopic (exact) mass is 418 g/mol. The summed E-state index contributed by atoms with van der Waals surface area (Å²) in [5.41, 5.74) is 0.689. The molecule has 0 radical (unpaired) electrons. The maximum absolute atomic E-state index is 11.3. The highest BCUT2D eigenvalue weighted by atomic mass is 16.3. The zero-order valence-electron chi connectivity index (χ0n) is 19.9. The zero-order chi connectivity index (χ0) is 21.7. The minimum Gasteiger partial charge on any atom is -0.393 e. The first-order valence-corrected chi connectivity index (χ1v) is 13.0. The molecule has 4 aliphatic carbocycles. The van der Waals surface area contributed by atoms with Crippen LogP contribution in [0.2, 0.25) is 0 Å². The van der Waals surface area contributed by atoms with Gasteiger partial charge in [-0.05, 0) is 104 Å². The van der Waals surface area contributed by atoms with Crippen molar-refractivity contribution in [3.63, 3.8) is 0 Å². The number of hydrogen-bond acceptors (Lipinski definition) is 3. The average Bonchev–Trinajstić information content (AvgIpc) is 3.06. The molecule has 172 valence electrons. The molecular weight excluding hydrogens is 372 g/mol. The lowest BCUT2D eigenvalue weighted by Gasteiger charge is -2.62. The summed E-state index contributed by atoms with van der Waals surface area (Å²) < 4.78 is 0. The molecule has 0 aromatic carbocycles. The van der Waals surface area contributed by atoms with Gasteiger partial charge < -0.3 is 15.0 Å². The number of aliphatic hydroxyl groups excluding tert-OH is 2. The van der Waals surface area contributed by atoms with Crippen LogP contribution in [-0.4, -0.2) is 28.7 Å². The van der Waals surface area contributed by atoms with E-state index in [0.29, 0.717) is 40.4 Å². The van der Waals surface area contributed by atoms with Gasteiger partial charge in [0.05, 0.1) is 12.2 Å². The largest absolute Gasteiger partial charge is 0.393 e. The molecule has 0 heterocycles. The molecule has 0 amide bonds. The standard InChI is InChI=1S/C27H46O3/c1-17(16-28)6-5-7-18(2)21-8-9-22-25-23(11-13-27(21,22)4)26(3)12-10-20(29)14-19(26)15-24(25)30/h16-25,29-30H,5-15H2,1-4H3/t17?,18?,19?,20-,21?,22?,23?,24?,25?,26?,27?/m1/s1. The van der Waals surface area contributed by atoms with E-state index < -0.39 is 0 Å². The van der Waals surface area contributed by atoms with Gasteiger partial charge in [-0.25, -0.2) is 0 Å². The van der Waals surface area contributed by atoms with Crippen LogP contribution in [0.1, 0.15) is 98.3 Å². The Kier molecular flexibility index (Phi) is 6.45. The van der Waals surface area contributed by atoms with E-state index in [9.17, 15) is 15.0 Å². The fourth-order valence-electron chi connectivity index (χ4n) is 9.21. The lowest BCUT2D eigenvalue weighted by molar-refractivity contribution is -0.174. The molecule has 0 aromatic rings. The molecule has 4 aliphatic rings. The Bertz CT molecular complexity index is 619. The smallest absolute Gasteiger partial charge is 0.122 e. The molecule has 0 bridgehead atoms. The van der Waals surface area contributed by atoms with Crippen LogP contribution >= 0.6 is 0 Å². The molecule has 10 unspecified atom stereocenters. The van der Waals surface area contributed by atoms with E-state index in [4.69, 9.17) is 0 Å². The number of aldehydes is 1. The Balaban J connectivity index is 1.48. The summed E-state index contributed by atoms with van der Waals surface area (Å²) in [6, 6.07) is 0. The fraction of sp³-hybridized carbons (Fsp3) is 0.963. The van der Waals surface area contributed by atoms with Crippen molar-refractivity contribution in [3.8, 4) is 0 Å². The average molecular weight is 419 g/mol. The number of fused-ring (bicyclic) bond motifs is 5. The fourth-order valence-corrected chi connectivity index (χ4v) is 9.21. The minimum atomic E-state index is -0.175. The lowest BCUT2D eigenvalue weighted by atomic mass is 9.43. The van der Waals surface area contributed by atoms with Gasteiger partial charge in [0.1, 0.15) is 6.29 Å². The number of carbonyl (C=O) groups excluding carboxylic acids is 1. The van der Waals surface area contributed by atoms with Gasteiger partial charge in [0.2, 0.25) is 0 Å². The van der Waals surface area contributed by atoms with Crippen LogP contribution in [0.15, 0.2) is 0 Å². The Morgan fingerprint density at radius 3 is 2.37 bits per heavy atom. The Labute approximate surface area is 184 Å². The second kappa shape index (κ2) is 8.50. The highest BCUT2D eigenvalue weighted by molar-refractivity contribution is 5.52. The van der Waals surface area contributed by atoms with Crippen molar-refractivity contribution in [2.75, 3.05) is 0 Å². The van der Waals surface area contributed by atoms with E-state index in [-0.39, 0.29) is 18.1 Å². The lowest BCUT2D eigenvalue weighted by Crippen LogP contribution is -2.58. The maximum atomic E-state index is 11.3. The summed E-state index contributed by atoms with van der Waals surface area (Å²) in [5, 5.41) is 21.6. The quantitative estimate of drug-likeness (QED) is 0.551. The molecule has 2 N–H and O–H groups in total. The second-order valence-corrected chi connectivity index (χ2v) is 12.5. The van der Waals surface area contributed by atoms with E-state index >= 15 is 0 Å². The zero-order valence-corrected chi connectivity index (χ0v) is 19.9. The first-order chi connectivity index (χ1) is 14.2. The van der Waals surface area contributed by atoms with Gasteiger partial charge >= 0.3 is 0 Å². The third kappa shape index (κ3) is 3.70. The van der Waals surface area contributed by atoms with E-state index in [1.54, 1.807) is 0 Å². The number of rotatable bonds is 6. The first-order valence-electron chi connectivity index (χ1n) is 13.0. The molecule has 3 heteroatoms. The summed E-state index contributed by atoms with van der Waals surface area (Å²) >= 11 is 0. The van der Waals surface area contributed by atoms with Gasteiger partial charge in [-0.15, -0.1) is 0 Å². The van der Waals surface area contributed by atoms with Crippen LogP contribution < -0.4 is 0 Å². The van der Waals surface area contributed by atoms with Gasteiger partial charge in [-0.1, -0.05) is 40.5 Å². The normalized spacial score (nSPS) is 50.1. The molecule has 11 atom stereocenters. The third-order valence-electron chi connectivity index (χ3n) is 11.0. The number of carbonyl (C=O) groups is 1. The molecular formula is C27H46O3. The topological polar surface area (TPSA) is 57.5 Å². The van der Waals surface area contributed by atoms with Crippen molar-refractivity contribution in [3.05, 3.63) is 0 Å². The third-order valence-corrected chi connectivity index (χ3v) is 11.0. The first kappa shape index (κ1) is 22.8. The number of hydrogen-bond donors (Lipinski definition) is 2. The molecule has 0 saturated heterocycles. The maximum Gasteiger partial charge on any atom is 0.122 e. The van der Waals surface area contributed by atoms with Gasteiger partial charge in [0.15, 0.2) is 0 Å². The van der Waals surface area contributed by atoms with Gasteiger partial charge in [-0.3, -0.25) is 0 Å². The van der Waals surface area contributed by atoms with Crippen LogP contribution in [0.25, 0.3) is 0 Å². The Morgan fingerprint density at radius 1 is 0.933 bits per heavy atom. The summed E-state index contributed by atoms with van der Waals surface area (Å²) in [5.74, 6) is 3.94.